The molecule has 0 aliphatic heterocycles. The molecule has 0 bridgehead atoms. The smallest absolute Gasteiger partial charge is 0.235 e. The van der Waals surface area contributed by atoms with E-state index in [-0.39, 0.29) is 0 Å². The lowest BCUT2D eigenvalue weighted by atomic mass is 10.2. The standard InChI is InChI=1S/C14H21N5/c1-4-13-16-5-6-19(13)14-17-9-12(10-18-14)8-15-7-11(2)3/h5-6,9-11,15H,4,7-8H2,1-3H3. The molecule has 0 saturated heterocycles. The zero-order valence-corrected chi connectivity index (χ0v) is 11.8. The summed E-state index contributed by atoms with van der Waals surface area (Å²) in [6.45, 7) is 8.27. The van der Waals surface area contributed by atoms with Crippen LogP contribution < -0.4 is 5.32 Å². The maximum atomic E-state index is 4.40. The fourth-order valence-electron chi connectivity index (χ4n) is 1.85. The highest BCUT2D eigenvalue weighted by atomic mass is 15.2. The first-order chi connectivity index (χ1) is 9.20. The second kappa shape index (κ2) is 6.43. The zero-order valence-electron chi connectivity index (χ0n) is 11.8. The van der Waals surface area contributed by atoms with Crippen molar-refractivity contribution in [3.05, 3.63) is 36.2 Å². The van der Waals surface area contributed by atoms with E-state index in [2.05, 4.69) is 41.0 Å². The molecular formula is C14H21N5. The third-order valence-electron chi connectivity index (χ3n) is 2.82. The molecule has 5 nitrogen and oxygen atoms in total. The first kappa shape index (κ1) is 13.7. The molecule has 0 atom stereocenters. The minimum absolute atomic E-state index is 0.651. The quantitative estimate of drug-likeness (QED) is 0.861. The number of aryl methyl sites for hydroxylation is 1. The number of rotatable bonds is 6. The van der Waals surface area contributed by atoms with Crippen LogP contribution in [0.5, 0.6) is 0 Å². The van der Waals surface area contributed by atoms with Crippen molar-refractivity contribution in [3.8, 4) is 5.95 Å². The van der Waals surface area contributed by atoms with E-state index in [1.54, 1.807) is 6.20 Å². The molecule has 2 aromatic heterocycles. The van der Waals surface area contributed by atoms with E-state index in [4.69, 9.17) is 0 Å². The lowest BCUT2D eigenvalue weighted by molar-refractivity contribution is 0.551. The molecule has 19 heavy (non-hydrogen) atoms. The highest BCUT2D eigenvalue weighted by molar-refractivity contribution is 5.17. The summed E-state index contributed by atoms with van der Waals surface area (Å²) in [5, 5.41) is 3.38. The third kappa shape index (κ3) is 3.61. The second-order valence-electron chi connectivity index (χ2n) is 4.98. The molecule has 0 amide bonds. The Hall–Kier alpha value is -1.75. The number of imidazole rings is 1. The zero-order chi connectivity index (χ0) is 13.7. The fourth-order valence-corrected chi connectivity index (χ4v) is 1.85. The number of hydrogen-bond acceptors (Lipinski definition) is 4. The van der Waals surface area contributed by atoms with Crippen molar-refractivity contribution in [2.75, 3.05) is 6.54 Å². The van der Waals surface area contributed by atoms with E-state index in [1.165, 1.54) is 0 Å². The van der Waals surface area contributed by atoms with Gasteiger partial charge in [-0.25, -0.2) is 15.0 Å². The molecule has 0 radical (unpaired) electrons. The Morgan fingerprint density at radius 3 is 2.58 bits per heavy atom. The van der Waals surface area contributed by atoms with Crippen LogP contribution in [0.1, 0.15) is 32.2 Å². The van der Waals surface area contributed by atoms with Crippen molar-refractivity contribution >= 4 is 0 Å². The molecule has 0 aromatic carbocycles. The van der Waals surface area contributed by atoms with Gasteiger partial charge in [0.1, 0.15) is 5.82 Å². The predicted molar refractivity (Wildman–Crippen MR) is 75.1 cm³/mol. The molecule has 1 N–H and O–H groups in total. The number of nitrogens with zero attached hydrogens (tertiary/aromatic N) is 4. The minimum atomic E-state index is 0.651. The van der Waals surface area contributed by atoms with Gasteiger partial charge >= 0.3 is 0 Å². The van der Waals surface area contributed by atoms with Gasteiger partial charge in [0, 0.05) is 43.3 Å². The maximum absolute atomic E-state index is 4.40. The molecule has 0 unspecified atom stereocenters. The van der Waals surface area contributed by atoms with Crippen molar-refractivity contribution in [3.63, 3.8) is 0 Å². The number of hydrogen-bond donors (Lipinski definition) is 1. The van der Waals surface area contributed by atoms with E-state index < -0.39 is 0 Å². The molecule has 102 valence electrons. The van der Waals surface area contributed by atoms with Gasteiger partial charge in [-0.05, 0) is 12.5 Å². The van der Waals surface area contributed by atoms with Crippen molar-refractivity contribution in [1.29, 1.82) is 0 Å². The SMILES string of the molecule is CCc1nccn1-c1ncc(CNCC(C)C)cn1. The highest BCUT2D eigenvalue weighted by Gasteiger charge is 2.05. The summed E-state index contributed by atoms with van der Waals surface area (Å²) in [4.78, 5) is 13.1. The minimum Gasteiger partial charge on any atom is -0.312 e. The molecule has 0 fully saturated rings. The lowest BCUT2D eigenvalue weighted by Gasteiger charge is -2.08. The molecule has 0 saturated carbocycles. The molecule has 0 spiro atoms. The summed E-state index contributed by atoms with van der Waals surface area (Å²) in [6, 6.07) is 0. The average Bonchev–Trinajstić information content (AvgIpc) is 2.87. The van der Waals surface area contributed by atoms with Crippen molar-refractivity contribution in [2.45, 2.75) is 33.7 Å². The Labute approximate surface area is 114 Å². The van der Waals surface area contributed by atoms with Crippen LogP contribution in [0, 0.1) is 5.92 Å². The Balaban J connectivity index is 2.02. The monoisotopic (exact) mass is 259 g/mol. The summed E-state index contributed by atoms with van der Waals surface area (Å²) in [6.07, 6.45) is 8.28. The summed E-state index contributed by atoms with van der Waals surface area (Å²) in [7, 11) is 0. The lowest BCUT2D eigenvalue weighted by Crippen LogP contribution is -2.19. The molecule has 0 aliphatic rings. The van der Waals surface area contributed by atoms with Gasteiger partial charge in [-0.1, -0.05) is 20.8 Å². The normalized spacial score (nSPS) is 11.2. The van der Waals surface area contributed by atoms with Gasteiger partial charge in [0.15, 0.2) is 0 Å². The Bertz CT molecular complexity index is 501. The van der Waals surface area contributed by atoms with Crippen molar-refractivity contribution < 1.29 is 0 Å². The van der Waals surface area contributed by atoms with Crippen LogP contribution in [0.4, 0.5) is 0 Å². The van der Waals surface area contributed by atoms with E-state index >= 15 is 0 Å². The van der Waals surface area contributed by atoms with Crippen LogP contribution in [0.3, 0.4) is 0 Å². The van der Waals surface area contributed by atoms with Gasteiger partial charge in [-0.2, -0.15) is 0 Å². The average molecular weight is 259 g/mol. The first-order valence-corrected chi connectivity index (χ1v) is 6.75. The van der Waals surface area contributed by atoms with Gasteiger partial charge < -0.3 is 5.32 Å². The van der Waals surface area contributed by atoms with Crippen LogP contribution in [-0.2, 0) is 13.0 Å². The van der Waals surface area contributed by atoms with Crippen LogP contribution in [0.15, 0.2) is 24.8 Å². The molecule has 2 heterocycles. The van der Waals surface area contributed by atoms with E-state index in [1.807, 2.05) is 23.2 Å². The van der Waals surface area contributed by atoms with Gasteiger partial charge in [-0.3, -0.25) is 4.57 Å². The van der Waals surface area contributed by atoms with E-state index in [0.29, 0.717) is 11.9 Å². The van der Waals surface area contributed by atoms with Gasteiger partial charge in [-0.15, -0.1) is 0 Å². The summed E-state index contributed by atoms with van der Waals surface area (Å²) in [5.74, 6) is 2.31. The summed E-state index contributed by atoms with van der Waals surface area (Å²) in [5.41, 5.74) is 1.10. The number of nitrogens with one attached hydrogen (secondary N) is 1. The van der Waals surface area contributed by atoms with Crippen LogP contribution in [0.25, 0.3) is 5.95 Å². The topological polar surface area (TPSA) is 55.6 Å². The molecule has 2 aromatic rings. The predicted octanol–water partition coefficient (Wildman–Crippen LogP) is 1.97. The first-order valence-electron chi connectivity index (χ1n) is 6.75. The Morgan fingerprint density at radius 1 is 1.21 bits per heavy atom. The maximum Gasteiger partial charge on any atom is 0.235 e. The summed E-state index contributed by atoms with van der Waals surface area (Å²) >= 11 is 0. The largest absolute Gasteiger partial charge is 0.312 e. The van der Waals surface area contributed by atoms with Gasteiger partial charge in [0.2, 0.25) is 5.95 Å². The fraction of sp³-hybridized carbons (Fsp3) is 0.500. The van der Waals surface area contributed by atoms with Gasteiger partial charge in [0.25, 0.3) is 0 Å². The Kier molecular flexibility index (Phi) is 4.63. The molecule has 0 aliphatic carbocycles. The van der Waals surface area contributed by atoms with Crippen molar-refractivity contribution in [1.82, 2.24) is 24.8 Å². The molecule has 5 heteroatoms. The second-order valence-corrected chi connectivity index (χ2v) is 4.98. The number of aromatic nitrogens is 4. The molecule has 2 rings (SSSR count). The van der Waals surface area contributed by atoms with Crippen LogP contribution in [0.2, 0.25) is 0 Å². The Morgan fingerprint density at radius 2 is 1.95 bits per heavy atom. The highest BCUT2D eigenvalue weighted by Crippen LogP contribution is 2.06. The third-order valence-corrected chi connectivity index (χ3v) is 2.82. The van der Waals surface area contributed by atoms with Crippen LogP contribution >= 0.6 is 0 Å². The van der Waals surface area contributed by atoms with Crippen molar-refractivity contribution in [2.24, 2.45) is 5.92 Å². The van der Waals surface area contributed by atoms with Gasteiger partial charge in [0.05, 0.1) is 0 Å². The van der Waals surface area contributed by atoms with Crippen LogP contribution in [-0.4, -0.2) is 26.1 Å². The van der Waals surface area contributed by atoms with E-state index in [9.17, 15) is 0 Å². The van der Waals surface area contributed by atoms with E-state index in [0.717, 1.165) is 30.9 Å². The summed E-state index contributed by atoms with van der Waals surface area (Å²) < 4.78 is 1.92. The molecular weight excluding hydrogens is 238 g/mol.